The van der Waals surface area contributed by atoms with E-state index in [2.05, 4.69) is 14.9 Å². The number of nitrogens with two attached hydrogens (primary N) is 1. The van der Waals surface area contributed by atoms with Crippen LogP contribution in [0.5, 0.6) is 0 Å². The molecular formula is C11H15FN4O3S. The first kappa shape index (κ1) is 14.7. The number of hydrogen-bond donors (Lipinski definition) is 3. The molecule has 0 bridgehead atoms. The Labute approximate surface area is 115 Å². The van der Waals surface area contributed by atoms with Crippen molar-refractivity contribution in [2.45, 2.75) is 30.3 Å². The van der Waals surface area contributed by atoms with Gasteiger partial charge in [-0.3, -0.25) is 0 Å². The molecule has 0 spiro atoms. The fourth-order valence-electron chi connectivity index (χ4n) is 2.35. The van der Waals surface area contributed by atoms with E-state index in [0.717, 1.165) is 12.5 Å². The first-order chi connectivity index (χ1) is 9.45. The van der Waals surface area contributed by atoms with Crippen molar-refractivity contribution in [3.8, 4) is 0 Å². The Bertz CT molecular complexity index is 620. The summed E-state index contributed by atoms with van der Waals surface area (Å²) in [5.74, 6) is -1.35. The van der Waals surface area contributed by atoms with E-state index < -0.39 is 32.8 Å². The molecule has 0 radical (unpaired) electrons. The minimum Gasteiger partial charge on any atom is -0.409 e. The van der Waals surface area contributed by atoms with Crippen molar-refractivity contribution in [3.05, 3.63) is 24.1 Å². The van der Waals surface area contributed by atoms with Gasteiger partial charge in [0.1, 0.15) is 5.84 Å². The highest BCUT2D eigenvalue weighted by molar-refractivity contribution is 7.89. The van der Waals surface area contributed by atoms with Crippen LogP contribution in [0.4, 0.5) is 4.39 Å². The van der Waals surface area contributed by atoms with Crippen LogP contribution in [0, 0.1) is 11.7 Å². The summed E-state index contributed by atoms with van der Waals surface area (Å²) in [6.07, 6.45) is 3.08. The average molecular weight is 302 g/mol. The van der Waals surface area contributed by atoms with E-state index in [1.165, 1.54) is 12.3 Å². The van der Waals surface area contributed by atoms with Gasteiger partial charge in [-0.1, -0.05) is 11.6 Å². The number of sulfonamides is 1. The minimum atomic E-state index is -4.08. The van der Waals surface area contributed by atoms with Crippen molar-refractivity contribution in [3.63, 3.8) is 0 Å². The van der Waals surface area contributed by atoms with Crippen LogP contribution in [0.2, 0.25) is 0 Å². The maximum absolute atomic E-state index is 13.5. The van der Waals surface area contributed by atoms with Crippen LogP contribution < -0.4 is 10.5 Å². The lowest BCUT2D eigenvalue weighted by atomic mass is 10.0. The van der Waals surface area contributed by atoms with Gasteiger partial charge in [-0.05, 0) is 25.0 Å². The summed E-state index contributed by atoms with van der Waals surface area (Å²) in [7, 11) is -4.08. The number of oxime groups is 1. The zero-order valence-corrected chi connectivity index (χ0v) is 11.3. The topological polar surface area (TPSA) is 118 Å². The second kappa shape index (κ2) is 5.71. The van der Waals surface area contributed by atoms with E-state index in [9.17, 15) is 12.8 Å². The fourth-order valence-corrected chi connectivity index (χ4v) is 3.67. The molecule has 0 aliphatic heterocycles. The van der Waals surface area contributed by atoms with Crippen LogP contribution in [0.3, 0.4) is 0 Å². The number of hydrogen-bond acceptors (Lipinski definition) is 5. The number of nitrogens with zero attached hydrogens (tertiary/aromatic N) is 2. The van der Waals surface area contributed by atoms with Crippen molar-refractivity contribution in [1.29, 1.82) is 0 Å². The van der Waals surface area contributed by atoms with Gasteiger partial charge in [-0.15, -0.1) is 0 Å². The SMILES string of the molecule is N/C(=N/O)C1CCCC1NS(=O)(=O)c1ncccc1F. The van der Waals surface area contributed by atoms with Crippen molar-refractivity contribution in [2.24, 2.45) is 16.8 Å². The van der Waals surface area contributed by atoms with Crippen molar-refractivity contribution in [1.82, 2.24) is 9.71 Å². The van der Waals surface area contributed by atoms with Gasteiger partial charge in [0.25, 0.3) is 10.0 Å². The Morgan fingerprint density at radius 2 is 2.30 bits per heavy atom. The summed E-state index contributed by atoms with van der Waals surface area (Å²) in [6, 6.07) is 1.80. The Hall–Kier alpha value is -1.74. The lowest BCUT2D eigenvalue weighted by Gasteiger charge is -2.19. The standard InChI is InChI=1S/C11H15FN4O3S/c12-8-4-2-6-14-11(8)20(18,19)16-9-5-1-3-7(9)10(13)15-17/h2,4,6-7,9,16-17H,1,3,5H2,(H2,13,15). The third-order valence-corrected chi connectivity index (χ3v) is 4.72. The number of pyridine rings is 1. The number of halogens is 1. The van der Waals surface area contributed by atoms with Crippen LogP contribution in [-0.4, -0.2) is 30.5 Å². The summed E-state index contributed by atoms with van der Waals surface area (Å²) < 4.78 is 40.1. The third kappa shape index (κ3) is 2.88. The van der Waals surface area contributed by atoms with Crippen LogP contribution in [0.15, 0.2) is 28.5 Å². The summed E-state index contributed by atoms with van der Waals surface area (Å²) in [4.78, 5) is 3.55. The van der Waals surface area contributed by atoms with E-state index in [1.807, 2.05) is 0 Å². The molecule has 20 heavy (non-hydrogen) atoms. The summed E-state index contributed by atoms with van der Waals surface area (Å²) in [6.45, 7) is 0. The van der Waals surface area contributed by atoms with Crippen molar-refractivity contribution in [2.75, 3.05) is 0 Å². The predicted octanol–water partition coefficient (Wildman–Crippen LogP) is 0.414. The Morgan fingerprint density at radius 3 is 2.95 bits per heavy atom. The third-order valence-electron chi connectivity index (χ3n) is 3.30. The first-order valence-electron chi connectivity index (χ1n) is 6.06. The van der Waals surface area contributed by atoms with Crippen LogP contribution in [0.25, 0.3) is 0 Å². The minimum absolute atomic E-state index is 0.0308. The second-order valence-electron chi connectivity index (χ2n) is 4.58. The van der Waals surface area contributed by atoms with E-state index in [4.69, 9.17) is 10.9 Å². The molecule has 0 aromatic carbocycles. The molecule has 2 unspecified atom stereocenters. The van der Waals surface area contributed by atoms with Crippen LogP contribution in [0.1, 0.15) is 19.3 Å². The normalized spacial score (nSPS) is 23.9. The number of rotatable bonds is 4. The van der Waals surface area contributed by atoms with Crippen molar-refractivity contribution >= 4 is 15.9 Å². The van der Waals surface area contributed by atoms with Gasteiger partial charge < -0.3 is 10.9 Å². The molecule has 1 aliphatic carbocycles. The van der Waals surface area contributed by atoms with Gasteiger partial charge in [0.15, 0.2) is 5.82 Å². The van der Waals surface area contributed by atoms with Gasteiger partial charge in [-0.2, -0.15) is 0 Å². The Morgan fingerprint density at radius 1 is 1.55 bits per heavy atom. The lowest BCUT2D eigenvalue weighted by Crippen LogP contribution is -2.42. The summed E-state index contributed by atoms with van der Waals surface area (Å²) >= 11 is 0. The summed E-state index contributed by atoms with van der Waals surface area (Å²) in [5.41, 5.74) is 5.53. The van der Waals surface area contributed by atoms with E-state index >= 15 is 0 Å². The zero-order chi connectivity index (χ0) is 14.8. The fraction of sp³-hybridized carbons (Fsp3) is 0.455. The molecule has 0 saturated heterocycles. The monoisotopic (exact) mass is 302 g/mol. The Kier molecular flexibility index (Phi) is 4.19. The second-order valence-corrected chi connectivity index (χ2v) is 6.21. The molecule has 1 aromatic rings. The largest absolute Gasteiger partial charge is 0.409 e. The molecule has 110 valence electrons. The maximum Gasteiger partial charge on any atom is 0.261 e. The van der Waals surface area contributed by atoms with Crippen LogP contribution in [-0.2, 0) is 10.0 Å². The number of aromatic nitrogens is 1. The van der Waals surface area contributed by atoms with Gasteiger partial charge in [0, 0.05) is 18.2 Å². The zero-order valence-electron chi connectivity index (χ0n) is 10.5. The highest BCUT2D eigenvalue weighted by Crippen LogP contribution is 2.27. The average Bonchev–Trinajstić information content (AvgIpc) is 2.85. The summed E-state index contributed by atoms with van der Waals surface area (Å²) in [5, 5.41) is 10.9. The quantitative estimate of drug-likeness (QED) is 0.322. The molecule has 2 rings (SSSR count). The molecular weight excluding hydrogens is 287 g/mol. The lowest BCUT2D eigenvalue weighted by molar-refractivity contribution is 0.312. The van der Waals surface area contributed by atoms with Crippen molar-refractivity contribution < 1.29 is 18.0 Å². The van der Waals surface area contributed by atoms with Gasteiger partial charge in [-0.25, -0.2) is 22.5 Å². The molecule has 0 amide bonds. The molecule has 1 saturated carbocycles. The molecule has 9 heteroatoms. The molecule has 2 atom stereocenters. The predicted molar refractivity (Wildman–Crippen MR) is 69.1 cm³/mol. The molecule has 7 nitrogen and oxygen atoms in total. The molecule has 4 N–H and O–H groups in total. The number of amidine groups is 1. The molecule has 1 aliphatic rings. The first-order valence-corrected chi connectivity index (χ1v) is 7.54. The Balaban J connectivity index is 2.23. The highest BCUT2D eigenvalue weighted by Gasteiger charge is 2.35. The van der Waals surface area contributed by atoms with E-state index in [0.29, 0.717) is 12.8 Å². The highest BCUT2D eigenvalue weighted by atomic mass is 32.2. The maximum atomic E-state index is 13.5. The van der Waals surface area contributed by atoms with Gasteiger partial charge >= 0.3 is 0 Å². The van der Waals surface area contributed by atoms with Crippen LogP contribution >= 0.6 is 0 Å². The molecule has 1 fully saturated rings. The molecule has 1 heterocycles. The van der Waals surface area contributed by atoms with Gasteiger partial charge in [0.2, 0.25) is 5.03 Å². The van der Waals surface area contributed by atoms with Gasteiger partial charge in [0.05, 0.1) is 0 Å². The van der Waals surface area contributed by atoms with E-state index in [1.54, 1.807) is 0 Å². The molecule has 1 aromatic heterocycles. The number of nitrogens with one attached hydrogen (secondary N) is 1. The van der Waals surface area contributed by atoms with E-state index in [-0.39, 0.29) is 5.84 Å². The smallest absolute Gasteiger partial charge is 0.261 e.